The Morgan fingerprint density at radius 2 is 2.00 bits per heavy atom. The van der Waals surface area contributed by atoms with Gasteiger partial charge >= 0.3 is 0 Å². The minimum absolute atomic E-state index is 0.0155. The molecule has 2 saturated carbocycles. The molecule has 0 aliphatic heterocycles. The molecule has 0 saturated heterocycles. The number of aldehydes is 1. The van der Waals surface area contributed by atoms with Crippen LogP contribution in [0.25, 0.3) is 0 Å². The van der Waals surface area contributed by atoms with Gasteiger partial charge in [0, 0.05) is 0 Å². The van der Waals surface area contributed by atoms with Crippen LogP contribution in [-0.2, 0) is 19.1 Å². The van der Waals surface area contributed by atoms with E-state index in [-0.39, 0.29) is 23.2 Å². The Balaban J connectivity index is 2.11. The SMILES string of the molecule is CC(C)[C@@H]1CC[C@@H](C)C[C@H]1OS(=O)(=O)[C]1[CH][CH][CH][C]1C=O. The Morgan fingerprint density at radius 3 is 2.62 bits per heavy atom. The fourth-order valence-electron chi connectivity index (χ4n) is 3.18. The van der Waals surface area contributed by atoms with Crippen LogP contribution in [0, 0.1) is 48.2 Å². The largest absolute Gasteiger partial charge is 0.303 e. The van der Waals surface area contributed by atoms with Crippen molar-refractivity contribution in [3.05, 3.63) is 30.4 Å². The summed E-state index contributed by atoms with van der Waals surface area (Å²) in [5, 5.41) is -0.0155. The average Bonchev–Trinajstić information content (AvgIpc) is 2.87. The maximum atomic E-state index is 12.4. The Labute approximate surface area is 128 Å². The van der Waals surface area contributed by atoms with Crippen molar-refractivity contribution in [1.29, 1.82) is 0 Å². The minimum atomic E-state index is -3.88. The highest BCUT2D eigenvalue weighted by Gasteiger charge is 2.43. The molecule has 5 radical (unpaired) electrons. The van der Waals surface area contributed by atoms with E-state index in [4.69, 9.17) is 4.18 Å². The molecule has 21 heavy (non-hydrogen) atoms. The fraction of sp³-hybridized carbons (Fsp3) is 0.625. The van der Waals surface area contributed by atoms with Gasteiger partial charge in [0.05, 0.1) is 12.0 Å². The van der Waals surface area contributed by atoms with Gasteiger partial charge in [-0.25, -0.2) is 0 Å². The predicted octanol–water partition coefficient (Wildman–Crippen LogP) is 2.73. The van der Waals surface area contributed by atoms with Crippen LogP contribution in [0.4, 0.5) is 0 Å². The quantitative estimate of drug-likeness (QED) is 0.578. The molecule has 0 heterocycles. The Kier molecular flexibility index (Phi) is 5.47. The molecular weight excluding hydrogens is 288 g/mol. The van der Waals surface area contributed by atoms with Gasteiger partial charge in [0.15, 0.2) is 0 Å². The highest BCUT2D eigenvalue weighted by atomic mass is 32.2. The summed E-state index contributed by atoms with van der Waals surface area (Å²) in [6, 6.07) is 0. The van der Waals surface area contributed by atoms with Gasteiger partial charge in [0.1, 0.15) is 11.5 Å². The minimum Gasteiger partial charge on any atom is -0.303 e. The summed E-state index contributed by atoms with van der Waals surface area (Å²) in [6.07, 6.45) is 7.58. The lowest BCUT2D eigenvalue weighted by atomic mass is 9.75. The average molecular weight is 311 g/mol. The number of hydrogen-bond acceptors (Lipinski definition) is 4. The van der Waals surface area contributed by atoms with Gasteiger partial charge < -0.3 is 4.79 Å². The lowest BCUT2D eigenvalue weighted by Gasteiger charge is -2.37. The van der Waals surface area contributed by atoms with Crippen molar-refractivity contribution in [2.75, 3.05) is 0 Å². The number of carbonyl (C=O) groups excluding carboxylic acids is 1. The molecule has 0 bridgehead atoms. The zero-order chi connectivity index (χ0) is 15.6. The van der Waals surface area contributed by atoms with Gasteiger partial charge in [0.2, 0.25) is 0 Å². The zero-order valence-electron chi connectivity index (χ0n) is 12.8. The molecule has 0 N–H and O–H groups in total. The van der Waals surface area contributed by atoms with Crippen molar-refractivity contribution in [2.24, 2.45) is 17.8 Å². The summed E-state index contributed by atoms with van der Waals surface area (Å²) in [7, 11) is -3.88. The van der Waals surface area contributed by atoms with Gasteiger partial charge in [-0.3, -0.25) is 4.18 Å². The van der Waals surface area contributed by atoms with Crippen LogP contribution >= 0.6 is 0 Å². The molecule has 2 rings (SSSR count). The molecule has 0 unspecified atom stereocenters. The molecule has 0 amide bonds. The molecule has 2 fully saturated rings. The topological polar surface area (TPSA) is 60.4 Å². The van der Waals surface area contributed by atoms with E-state index >= 15 is 0 Å². The summed E-state index contributed by atoms with van der Waals surface area (Å²) in [4.78, 5) is 10.9. The van der Waals surface area contributed by atoms with E-state index in [1.54, 1.807) is 6.42 Å². The molecule has 3 atom stereocenters. The summed E-state index contributed by atoms with van der Waals surface area (Å²) in [5.41, 5.74) is 0. The second-order valence-electron chi connectivity index (χ2n) is 6.38. The molecule has 0 spiro atoms. The highest BCUT2D eigenvalue weighted by Crippen LogP contribution is 2.41. The molecule has 0 aromatic carbocycles. The molecule has 0 aromatic heterocycles. The Morgan fingerprint density at radius 1 is 1.29 bits per heavy atom. The Hall–Kier alpha value is -0.420. The molecular formula is C16H23O4S. The fourth-order valence-corrected chi connectivity index (χ4v) is 4.48. The first-order valence-corrected chi connectivity index (χ1v) is 8.90. The number of hydrogen-bond donors (Lipinski definition) is 0. The van der Waals surface area contributed by atoms with Gasteiger partial charge in [-0.15, -0.1) is 0 Å². The van der Waals surface area contributed by atoms with Crippen LogP contribution in [0.15, 0.2) is 0 Å². The van der Waals surface area contributed by atoms with Crippen molar-refractivity contribution in [1.82, 2.24) is 0 Å². The van der Waals surface area contributed by atoms with Crippen LogP contribution in [0.5, 0.6) is 0 Å². The third kappa shape index (κ3) is 3.86. The van der Waals surface area contributed by atoms with E-state index in [1.807, 2.05) is 0 Å². The number of carbonyl (C=O) groups is 1. The Bertz CT molecular complexity index is 457. The van der Waals surface area contributed by atoms with Gasteiger partial charge in [-0.05, 0) is 49.9 Å². The molecule has 2 aliphatic carbocycles. The van der Waals surface area contributed by atoms with Crippen LogP contribution < -0.4 is 0 Å². The van der Waals surface area contributed by atoms with Crippen molar-refractivity contribution in [3.8, 4) is 0 Å². The third-order valence-corrected chi connectivity index (χ3v) is 5.83. The van der Waals surface area contributed by atoms with E-state index in [0.29, 0.717) is 18.1 Å². The smallest absolute Gasteiger partial charge is 0.276 e. The van der Waals surface area contributed by atoms with E-state index in [2.05, 4.69) is 20.8 Å². The van der Waals surface area contributed by atoms with Crippen LogP contribution in [0.3, 0.4) is 0 Å². The van der Waals surface area contributed by atoms with Gasteiger partial charge in [-0.1, -0.05) is 27.2 Å². The monoisotopic (exact) mass is 311 g/mol. The van der Waals surface area contributed by atoms with Gasteiger partial charge in [0.25, 0.3) is 10.1 Å². The van der Waals surface area contributed by atoms with E-state index in [0.717, 1.165) is 19.3 Å². The van der Waals surface area contributed by atoms with Crippen molar-refractivity contribution >= 4 is 16.4 Å². The first-order valence-electron chi connectivity index (χ1n) is 7.49. The lowest BCUT2D eigenvalue weighted by Crippen LogP contribution is -2.37. The molecule has 117 valence electrons. The summed E-state index contributed by atoms with van der Waals surface area (Å²) in [6.45, 7) is 6.32. The summed E-state index contributed by atoms with van der Waals surface area (Å²) in [5.74, 6) is 1.25. The first kappa shape index (κ1) is 16.9. The van der Waals surface area contributed by atoms with Crippen LogP contribution in [-0.4, -0.2) is 20.8 Å². The molecule has 5 heteroatoms. The number of rotatable bonds is 5. The van der Waals surface area contributed by atoms with E-state index < -0.39 is 10.1 Å². The first-order chi connectivity index (χ1) is 9.85. The van der Waals surface area contributed by atoms with Crippen molar-refractivity contribution in [2.45, 2.75) is 46.1 Å². The van der Waals surface area contributed by atoms with Crippen LogP contribution in [0.1, 0.15) is 40.0 Å². The second kappa shape index (κ2) is 6.78. The highest BCUT2D eigenvalue weighted by molar-refractivity contribution is 7.90. The molecule has 0 aromatic rings. The third-order valence-electron chi connectivity index (χ3n) is 4.42. The summed E-state index contributed by atoms with van der Waals surface area (Å²) >= 11 is 0. The lowest BCUT2D eigenvalue weighted by molar-refractivity contribution is -0.105. The normalized spacial score (nSPS) is 32.7. The van der Waals surface area contributed by atoms with E-state index in [9.17, 15) is 13.2 Å². The predicted molar refractivity (Wildman–Crippen MR) is 80.6 cm³/mol. The van der Waals surface area contributed by atoms with Crippen molar-refractivity contribution < 1.29 is 17.4 Å². The van der Waals surface area contributed by atoms with Crippen molar-refractivity contribution in [3.63, 3.8) is 0 Å². The standard InChI is InChI=1S/C16H23O4S/c1-11(2)14-8-7-12(3)9-15(14)20-21(18,19)16-6-4-5-13(16)10-17/h4-6,10-12,14-15H,7-9H2,1-3H3/t12-,14+,15-/m1/s1. The second-order valence-corrected chi connectivity index (χ2v) is 7.92. The molecule has 2 aliphatic rings. The maximum Gasteiger partial charge on any atom is 0.276 e. The summed E-state index contributed by atoms with van der Waals surface area (Å²) < 4.78 is 30.4. The maximum absolute atomic E-state index is 12.4. The van der Waals surface area contributed by atoms with Crippen LogP contribution in [0.2, 0.25) is 0 Å². The van der Waals surface area contributed by atoms with E-state index in [1.165, 1.54) is 12.8 Å². The van der Waals surface area contributed by atoms with Gasteiger partial charge in [-0.2, -0.15) is 8.42 Å². The zero-order valence-corrected chi connectivity index (χ0v) is 13.6. The molecule has 4 nitrogen and oxygen atoms in total.